The van der Waals surface area contributed by atoms with E-state index in [1.807, 2.05) is 59.5 Å². The highest BCUT2D eigenvalue weighted by molar-refractivity contribution is 7.89. The Bertz CT molecular complexity index is 1490. The fourth-order valence-electron chi connectivity index (χ4n) is 4.07. The van der Waals surface area contributed by atoms with E-state index in [9.17, 15) is 13.2 Å². The van der Waals surface area contributed by atoms with Crippen molar-refractivity contribution in [1.29, 1.82) is 0 Å². The van der Waals surface area contributed by atoms with E-state index in [4.69, 9.17) is 4.98 Å². The molecule has 0 bridgehead atoms. The van der Waals surface area contributed by atoms with E-state index >= 15 is 0 Å². The Hall–Kier alpha value is -3.82. The molecule has 2 aromatic heterocycles. The van der Waals surface area contributed by atoms with Gasteiger partial charge in [-0.25, -0.2) is 18.1 Å². The maximum atomic E-state index is 12.9. The molecular weight excluding hydrogens is 462 g/mol. The number of anilines is 1. The van der Waals surface area contributed by atoms with Crippen molar-refractivity contribution in [3.63, 3.8) is 0 Å². The van der Waals surface area contributed by atoms with E-state index in [-0.39, 0.29) is 23.9 Å². The van der Waals surface area contributed by atoms with Crippen LogP contribution in [0.2, 0.25) is 0 Å². The molecule has 2 aromatic carbocycles. The zero-order chi connectivity index (χ0) is 24.4. The minimum atomic E-state index is -3.71. The SMILES string of the molecule is CN1CCN(c2ccnc3ccc(-c4cccc(S(=O)(=O)NCc5ccccc5)c4)nc23)CC1=O. The second-order valence-corrected chi connectivity index (χ2v) is 10.2. The van der Waals surface area contributed by atoms with Gasteiger partial charge in [-0.3, -0.25) is 9.78 Å². The smallest absolute Gasteiger partial charge is 0.241 e. The lowest BCUT2D eigenvalue weighted by molar-refractivity contribution is -0.129. The first kappa shape index (κ1) is 22.9. The van der Waals surface area contributed by atoms with Crippen molar-refractivity contribution in [1.82, 2.24) is 19.6 Å². The molecule has 8 nitrogen and oxygen atoms in total. The van der Waals surface area contributed by atoms with Crippen LogP contribution in [0.1, 0.15) is 5.56 Å². The summed E-state index contributed by atoms with van der Waals surface area (Å²) in [5.74, 6) is 0.0540. The van der Waals surface area contributed by atoms with Crippen molar-refractivity contribution in [3.8, 4) is 11.3 Å². The molecule has 1 fully saturated rings. The summed E-state index contributed by atoms with van der Waals surface area (Å²) in [5.41, 5.74) is 4.42. The number of likely N-dealkylation sites (N-methyl/N-ethyl adjacent to an activating group) is 1. The van der Waals surface area contributed by atoms with Crippen LogP contribution < -0.4 is 9.62 Å². The van der Waals surface area contributed by atoms with Gasteiger partial charge in [0.05, 0.1) is 28.3 Å². The zero-order valence-electron chi connectivity index (χ0n) is 19.3. The number of benzene rings is 2. The highest BCUT2D eigenvalue weighted by atomic mass is 32.2. The van der Waals surface area contributed by atoms with Gasteiger partial charge in [-0.05, 0) is 35.9 Å². The molecule has 1 amide bonds. The lowest BCUT2D eigenvalue weighted by Crippen LogP contribution is -2.48. The maximum absolute atomic E-state index is 12.9. The van der Waals surface area contributed by atoms with Crippen molar-refractivity contribution in [2.75, 3.05) is 31.6 Å². The Labute approximate surface area is 204 Å². The van der Waals surface area contributed by atoms with Gasteiger partial charge in [0.1, 0.15) is 5.52 Å². The number of carbonyl (C=O) groups excluding carboxylic acids is 1. The van der Waals surface area contributed by atoms with Crippen LogP contribution in [0.5, 0.6) is 0 Å². The fraction of sp³-hybridized carbons (Fsp3) is 0.192. The van der Waals surface area contributed by atoms with Crippen LogP contribution in [0.25, 0.3) is 22.3 Å². The van der Waals surface area contributed by atoms with Gasteiger partial charge >= 0.3 is 0 Å². The highest BCUT2D eigenvalue weighted by Gasteiger charge is 2.23. The van der Waals surface area contributed by atoms with Crippen LogP contribution >= 0.6 is 0 Å². The fourth-order valence-corrected chi connectivity index (χ4v) is 5.13. The first-order valence-electron chi connectivity index (χ1n) is 11.3. The minimum Gasteiger partial charge on any atom is -0.359 e. The molecule has 0 spiro atoms. The van der Waals surface area contributed by atoms with Crippen LogP contribution in [0.15, 0.2) is 83.9 Å². The summed E-state index contributed by atoms with van der Waals surface area (Å²) in [6.45, 7) is 1.83. The number of amides is 1. The molecule has 0 unspecified atom stereocenters. The third-order valence-corrected chi connectivity index (χ3v) is 7.51. The molecule has 3 heterocycles. The Morgan fingerprint density at radius 1 is 0.971 bits per heavy atom. The Balaban J connectivity index is 1.46. The molecule has 5 rings (SSSR count). The number of nitrogens with one attached hydrogen (secondary N) is 1. The van der Waals surface area contributed by atoms with Gasteiger partial charge in [0, 0.05) is 38.4 Å². The molecule has 1 aliphatic heterocycles. The van der Waals surface area contributed by atoms with Crippen molar-refractivity contribution in [2.24, 2.45) is 0 Å². The van der Waals surface area contributed by atoms with Crippen LogP contribution in [0.3, 0.4) is 0 Å². The molecule has 0 radical (unpaired) electrons. The third-order valence-electron chi connectivity index (χ3n) is 6.11. The molecule has 0 atom stereocenters. The number of fused-ring (bicyclic) bond motifs is 1. The van der Waals surface area contributed by atoms with E-state index in [0.717, 1.165) is 11.3 Å². The molecule has 1 N–H and O–H groups in total. The number of nitrogens with zero attached hydrogens (tertiary/aromatic N) is 4. The summed E-state index contributed by atoms with van der Waals surface area (Å²) in [6, 6.07) is 21.7. The monoisotopic (exact) mass is 487 g/mol. The summed E-state index contributed by atoms with van der Waals surface area (Å²) in [5, 5.41) is 0. The molecule has 1 aliphatic rings. The van der Waals surface area contributed by atoms with E-state index in [1.54, 1.807) is 36.3 Å². The molecule has 178 valence electrons. The second-order valence-electron chi connectivity index (χ2n) is 8.47. The van der Waals surface area contributed by atoms with E-state index < -0.39 is 10.0 Å². The van der Waals surface area contributed by atoms with Gasteiger partial charge in [-0.15, -0.1) is 0 Å². The summed E-state index contributed by atoms with van der Waals surface area (Å²) in [6.07, 6.45) is 1.72. The van der Waals surface area contributed by atoms with Crippen molar-refractivity contribution >= 4 is 32.7 Å². The molecular formula is C26H25N5O3S. The molecule has 35 heavy (non-hydrogen) atoms. The summed E-state index contributed by atoms with van der Waals surface area (Å²) >= 11 is 0. The second kappa shape index (κ2) is 9.44. The predicted octanol–water partition coefficient (Wildman–Crippen LogP) is 3.05. The number of pyridine rings is 2. The number of aromatic nitrogens is 2. The molecule has 4 aromatic rings. The molecule has 0 aliphatic carbocycles. The van der Waals surface area contributed by atoms with Gasteiger partial charge in [-0.2, -0.15) is 0 Å². The van der Waals surface area contributed by atoms with Crippen molar-refractivity contribution < 1.29 is 13.2 Å². The third kappa shape index (κ3) is 4.87. The topological polar surface area (TPSA) is 95.5 Å². The molecule has 0 saturated carbocycles. The maximum Gasteiger partial charge on any atom is 0.241 e. The number of hydrogen-bond donors (Lipinski definition) is 1. The number of piperazine rings is 1. The zero-order valence-corrected chi connectivity index (χ0v) is 20.1. The molecule has 1 saturated heterocycles. The quantitative estimate of drug-likeness (QED) is 0.449. The van der Waals surface area contributed by atoms with E-state index in [2.05, 4.69) is 9.71 Å². The summed E-state index contributed by atoms with van der Waals surface area (Å²) < 4.78 is 28.5. The van der Waals surface area contributed by atoms with E-state index in [0.29, 0.717) is 35.4 Å². The van der Waals surface area contributed by atoms with Gasteiger partial charge in [0.15, 0.2) is 0 Å². The minimum absolute atomic E-state index is 0.0540. The average molecular weight is 488 g/mol. The summed E-state index contributed by atoms with van der Waals surface area (Å²) in [4.78, 5) is 25.4. The number of rotatable bonds is 6. The summed E-state index contributed by atoms with van der Waals surface area (Å²) in [7, 11) is -1.91. The molecule has 9 heteroatoms. The lowest BCUT2D eigenvalue weighted by Gasteiger charge is -2.33. The lowest BCUT2D eigenvalue weighted by atomic mass is 10.1. The Kier molecular flexibility index (Phi) is 6.19. The van der Waals surface area contributed by atoms with Crippen LogP contribution in [0, 0.1) is 0 Å². The highest BCUT2D eigenvalue weighted by Crippen LogP contribution is 2.29. The predicted molar refractivity (Wildman–Crippen MR) is 135 cm³/mol. The van der Waals surface area contributed by atoms with Gasteiger partial charge in [-0.1, -0.05) is 42.5 Å². The first-order valence-corrected chi connectivity index (χ1v) is 12.8. The van der Waals surface area contributed by atoms with Crippen LogP contribution in [0.4, 0.5) is 5.69 Å². The number of hydrogen-bond acceptors (Lipinski definition) is 6. The van der Waals surface area contributed by atoms with Gasteiger partial charge in [0.25, 0.3) is 0 Å². The van der Waals surface area contributed by atoms with Gasteiger partial charge in [0.2, 0.25) is 15.9 Å². The van der Waals surface area contributed by atoms with Crippen molar-refractivity contribution in [3.05, 3.63) is 84.6 Å². The Morgan fingerprint density at radius 2 is 1.80 bits per heavy atom. The number of carbonyl (C=O) groups is 1. The van der Waals surface area contributed by atoms with Gasteiger partial charge < -0.3 is 9.80 Å². The number of sulfonamides is 1. The average Bonchev–Trinajstić information content (AvgIpc) is 2.89. The van der Waals surface area contributed by atoms with Crippen LogP contribution in [-0.2, 0) is 21.4 Å². The largest absolute Gasteiger partial charge is 0.359 e. The standard InChI is InChI=1S/C26H25N5O3S/c1-30-14-15-31(18-25(30)32)24-12-13-27-23-11-10-22(29-26(23)24)20-8-5-9-21(16-20)35(33,34)28-17-19-6-3-2-4-7-19/h2-13,16,28H,14-15,17-18H2,1H3. The van der Waals surface area contributed by atoms with Crippen molar-refractivity contribution in [2.45, 2.75) is 11.4 Å². The van der Waals surface area contributed by atoms with E-state index in [1.165, 1.54) is 0 Å². The Morgan fingerprint density at radius 3 is 2.60 bits per heavy atom. The first-order chi connectivity index (χ1) is 16.9. The van der Waals surface area contributed by atoms with Crippen LogP contribution in [-0.4, -0.2) is 55.9 Å². The normalized spacial score (nSPS) is 14.5.